The van der Waals surface area contributed by atoms with E-state index < -0.39 is 11.7 Å². The molecule has 1 aromatic heterocycles. The number of hydrogen-bond acceptors (Lipinski definition) is 5. The third-order valence-corrected chi connectivity index (χ3v) is 5.53. The molecule has 1 heterocycles. The molecule has 0 unspecified atom stereocenters. The van der Waals surface area contributed by atoms with Gasteiger partial charge in [-0.1, -0.05) is 51.6 Å². The molecular formula is C20H16Cl4N6O2. The van der Waals surface area contributed by atoms with Gasteiger partial charge >= 0.3 is 0 Å². The van der Waals surface area contributed by atoms with E-state index >= 15 is 0 Å². The molecule has 0 aliphatic heterocycles. The van der Waals surface area contributed by atoms with Gasteiger partial charge in [0.05, 0.1) is 38.5 Å². The maximum Gasteiger partial charge on any atom is 0.273 e. The van der Waals surface area contributed by atoms with Crippen molar-refractivity contribution in [3.63, 3.8) is 0 Å². The molecule has 2 N–H and O–H groups in total. The first-order chi connectivity index (χ1) is 15.1. The van der Waals surface area contributed by atoms with Crippen molar-refractivity contribution in [1.82, 2.24) is 19.9 Å². The number of nitrogens with two attached hydrogens (primary N) is 1. The molecule has 32 heavy (non-hydrogen) atoms. The second-order valence-electron chi connectivity index (χ2n) is 6.88. The van der Waals surface area contributed by atoms with Crippen molar-refractivity contribution < 1.29 is 9.59 Å². The van der Waals surface area contributed by atoms with Gasteiger partial charge in [0.1, 0.15) is 0 Å². The summed E-state index contributed by atoms with van der Waals surface area (Å²) in [5.41, 5.74) is 6.31. The van der Waals surface area contributed by atoms with Gasteiger partial charge in [0.2, 0.25) is 0 Å². The maximum absolute atomic E-state index is 12.9. The fourth-order valence-electron chi connectivity index (χ4n) is 2.76. The summed E-state index contributed by atoms with van der Waals surface area (Å²) < 4.78 is 1.38. The number of halogens is 4. The summed E-state index contributed by atoms with van der Waals surface area (Å²) in [5.74, 6) is -0.992. The lowest BCUT2D eigenvalue weighted by molar-refractivity contribution is 0.0994. The van der Waals surface area contributed by atoms with Gasteiger partial charge in [0, 0.05) is 19.7 Å². The molecule has 0 fully saturated rings. The number of amides is 1. The predicted octanol–water partition coefficient (Wildman–Crippen LogP) is 4.49. The maximum atomic E-state index is 12.9. The van der Waals surface area contributed by atoms with E-state index in [4.69, 9.17) is 52.1 Å². The van der Waals surface area contributed by atoms with E-state index in [1.54, 1.807) is 31.1 Å². The van der Waals surface area contributed by atoms with Crippen molar-refractivity contribution in [2.45, 2.75) is 6.54 Å². The Morgan fingerprint density at radius 1 is 1.06 bits per heavy atom. The second kappa shape index (κ2) is 9.87. The topological polar surface area (TPSA) is 106 Å². The Labute approximate surface area is 203 Å². The number of nitrogens with zero attached hydrogens (tertiary/aromatic N) is 5. The van der Waals surface area contributed by atoms with Crippen LogP contribution in [0.4, 0.5) is 5.82 Å². The lowest BCUT2D eigenvalue weighted by atomic mass is 10.0. The fraction of sp³-hybridized carbons (Fsp3) is 0.150. The summed E-state index contributed by atoms with van der Waals surface area (Å²) in [6, 6.07) is 7.64. The van der Waals surface area contributed by atoms with E-state index in [-0.39, 0.29) is 38.7 Å². The number of primary amides is 1. The number of hydrogen-bond donors (Lipinski definition) is 1. The molecule has 0 saturated heterocycles. The minimum Gasteiger partial charge on any atom is -0.369 e. The van der Waals surface area contributed by atoms with Gasteiger partial charge in [-0.05, 0) is 35.9 Å². The number of aromatic nitrogens is 3. The van der Waals surface area contributed by atoms with Gasteiger partial charge < -0.3 is 10.6 Å². The first-order valence-corrected chi connectivity index (χ1v) is 10.5. The van der Waals surface area contributed by atoms with Crippen LogP contribution in [-0.4, -0.2) is 52.0 Å². The minimum absolute atomic E-state index is 0.0771. The zero-order chi connectivity index (χ0) is 23.6. The van der Waals surface area contributed by atoms with Gasteiger partial charge in [0.25, 0.3) is 5.91 Å². The summed E-state index contributed by atoms with van der Waals surface area (Å²) in [5, 5.41) is 8.58. The van der Waals surface area contributed by atoms with Gasteiger partial charge in [-0.3, -0.25) is 9.59 Å². The summed E-state index contributed by atoms with van der Waals surface area (Å²) >= 11 is 24.7. The summed E-state index contributed by atoms with van der Waals surface area (Å²) in [7, 11) is 3.54. The van der Waals surface area contributed by atoms with E-state index in [1.807, 2.05) is 0 Å². The zero-order valence-corrected chi connectivity index (χ0v) is 19.8. The SMILES string of the molecule is CN(C)/C=N/c1c(C(N)=O)nnn1Cc1cc(Cl)c(C(=O)c2ccc(Cl)c(Cl)c2)c(Cl)c1. The summed E-state index contributed by atoms with van der Waals surface area (Å²) in [4.78, 5) is 30.5. The molecule has 1 amide bonds. The van der Waals surface area contributed by atoms with E-state index in [1.165, 1.54) is 29.2 Å². The number of ketones is 1. The Hall–Kier alpha value is -2.65. The monoisotopic (exact) mass is 512 g/mol. The molecule has 0 atom stereocenters. The molecule has 166 valence electrons. The van der Waals surface area contributed by atoms with Crippen LogP contribution >= 0.6 is 46.4 Å². The first-order valence-electron chi connectivity index (χ1n) is 9.00. The van der Waals surface area contributed by atoms with E-state index in [0.717, 1.165) is 0 Å². The molecule has 0 saturated carbocycles. The molecule has 12 heteroatoms. The first kappa shape index (κ1) is 24.0. The van der Waals surface area contributed by atoms with Crippen LogP contribution in [0.5, 0.6) is 0 Å². The van der Waals surface area contributed by atoms with E-state index in [0.29, 0.717) is 16.1 Å². The third kappa shape index (κ3) is 5.21. The average molecular weight is 514 g/mol. The van der Waals surface area contributed by atoms with Crippen molar-refractivity contribution >= 4 is 70.3 Å². The highest BCUT2D eigenvalue weighted by molar-refractivity contribution is 6.43. The molecule has 0 bridgehead atoms. The van der Waals surface area contributed by atoms with E-state index in [2.05, 4.69) is 15.3 Å². The molecule has 2 aromatic carbocycles. The van der Waals surface area contributed by atoms with Gasteiger partial charge in [0.15, 0.2) is 17.3 Å². The van der Waals surface area contributed by atoms with Crippen LogP contribution in [0, 0.1) is 0 Å². The minimum atomic E-state index is -0.763. The highest BCUT2D eigenvalue weighted by Crippen LogP contribution is 2.31. The molecule has 3 rings (SSSR count). The van der Waals surface area contributed by atoms with Crippen LogP contribution in [0.25, 0.3) is 0 Å². The number of aliphatic imine (C=N–C) groups is 1. The van der Waals surface area contributed by atoms with Crippen LogP contribution in [0.2, 0.25) is 20.1 Å². The van der Waals surface area contributed by atoms with Crippen molar-refractivity contribution in [2.75, 3.05) is 14.1 Å². The van der Waals surface area contributed by atoms with Gasteiger partial charge in [-0.25, -0.2) is 9.67 Å². The molecule has 8 nitrogen and oxygen atoms in total. The van der Waals surface area contributed by atoms with Gasteiger partial charge in [-0.15, -0.1) is 5.10 Å². The molecule has 0 spiro atoms. The van der Waals surface area contributed by atoms with Gasteiger partial charge in [-0.2, -0.15) is 0 Å². The number of benzene rings is 2. The van der Waals surface area contributed by atoms with Crippen LogP contribution in [-0.2, 0) is 6.54 Å². The molecule has 0 aliphatic rings. The number of rotatable bonds is 7. The van der Waals surface area contributed by atoms with Crippen LogP contribution in [0.15, 0.2) is 35.3 Å². The normalized spacial score (nSPS) is 11.2. The average Bonchev–Trinajstić information content (AvgIpc) is 3.10. The van der Waals surface area contributed by atoms with Crippen LogP contribution in [0.3, 0.4) is 0 Å². The quantitative estimate of drug-likeness (QED) is 0.284. The standard InChI is InChI=1S/C20H16Cl4N6O2/c1-29(2)9-26-20-17(19(25)32)27-28-30(20)8-10-5-14(23)16(15(24)6-10)18(31)11-3-4-12(21)13(22)7-11/h3-7,9H,8H2,1-2H3,(H2,25,32)/b26-9+. The highest BCUT2D eigenvalue weighted by Gasteiger charge is 2.21. The Kier molecular flexibility index (Phi) is 7.40. The molecular weight excluding hydrogens is 498 g/mol. The van der Waals surface area contributed by atoms with Crippen molar-refractivity contribution in [1.29, 1.82) is 0 Å². The number of carbonyl (C=O) groups excluding carboxylic acids is 2. The summed E-state index contributed by atoms with van der Waals surface area (Å²) in [6.45, 7) is 0.126. The molecule has 0 aliphatic carbocycles. The molecule has 0 radical (unpaired) electrons. The van der Waals surface area contributed by atoms with Crippen molar-refractivity contribution in [3.8, 4) is 0 Å². The second-order valence-corrected chi connectivity index (χ2v) is 8.51. The smallest absolute Gasteiger partial charge is 0.273 e. The lowest BCUT2D eigenvalue weighted by Gasteiger charge is -2.11. The lowest BCUT2D eigenvalue weighted by Crippen LogP contribution is -2.13. The van der Waals surface area contributed by atoms with Crippen molar-refractivity contribution in [3.05, 3.63) is 72.8 Å². The van der Waals surface area contributed by atoms with E-state index in [9.17, 15) is 9.59 Å². The number of carbonyl (C=O) groups is 2. The van der Waals surface area contributed by atoms with Crippen LogP contribution < -0.4 is 5.73 Å². The predicted molar refractivity (Wildman–Crippen MR) is 126 cm³/mol. The Balaban J connectivity index is 1.96. The fourth-order valence-corrected chi connectivity index (χ4v) is 3.76. The van der Waals surface area contributed by atoms with Crippen molar-refractivity contribution in [2.24, 2.45) is 10.7 Å². The zero-order valence-electron chi connectivity index (χ0n) is 16.8. The Morgan fingerprint density at radius 2 is 1.72 bits per heavy atom. The Morgan fingerprint density at radius 3 is 2.28 bits per heavy atom. The largest absolute Gasteiger partial charge is 0.369 e. The Bertz CT molecular complexity index is 1220. The highest BCUT2D eigenvalue weighted by atomic mass is 35.5. The summed E-state index contributed by atoms with van der Waals surface area (Å²) in [6.07, 6.45) is 1.49. The van der Waals surface area contributed by atoms with Crippen LogP contribution in [0.1, 0.15) is 32.0 Å². The third-order valence-electron chi connectivity index (χ3n) is 4.20. The molecule has 3 aromatic rings.